The molecule has 32 heavy (non-hydrogen) atoms. The molecule has 0 spiro atoms. The fourth-order valence-electron chi connectivity index (χ4n) is 5.02. The third kappa shape index (κ3) is 3.01. The lowest BCUT2D eigenvalue weighted by Crippen LogP contribution is -2.19. The highest BCUT2D eigenvalue weighted by Crippen LogP contribution is 2.35. The Morgan fingerprint density at radius 3 is 2.75 bits per heavy atom. The lowest BCUT2D eigenvalue weighted by Gasteiger charge is -2.21. The molecule has 0 saturated carbocycles. The minimum absolute atomic E-state index is 0.669. The first-order chi connectivity index (χ1) is 15.7. The number of benzene rings is 2. The van der Waals surface area contributed by atoms with Crippen LogP contribution >= 0.6 is 0 Å². The fraction of sp³-hybridized carbons (Fsp3) is 0.269. The van der Waals surface area contributed by atoms with Gasteiger partial charge >= 0.3 is 0 Å². The third-order valence-electron chi connectivity index (χ3n) is 6.91. The Labute approximate surface area is 187 Å². The quantitative estimate of drug-likeness (QED) is 0.418. The van der Waals surface area contributed by atoms with E-state index >= 15 is 0 Å². The topological polar surface area (TPSA) is 62.7 Å². The van der Waals surface area contributed by atoms with Crippen LogP contribution in [-0.2, 0) is 6.54 Å². The highest BCUT2D eigenvalue weighted by atomic mass is 15.3. The highest BCUT2D eigenvalue weighted by molar-refractivity contribution is 5.72. The van der Waals surface area contributed by atoms with Crippen molar-refractivity contribution in [2.75, 3.05) is 18.0 Å². The van der Waals surface area contributed by atoms with Gasteiger partial charge in [0.1, 0.15) is 6.33 Å². The Hall–Kier alpha value is -3.85. The van der Waals surface area contributed by atoms with Crippen molar-refractivity contribution in [3.63, 3.8) is 0 Å². The summed E-state index contributed by atoms with van der Waals surface area (Å²) in [5.74, 6) is 1.65. The minimum atomic E-state index is 0.669. The van der Waals surface area contributed by atoms with Gasteiger partial charge in [0, 0.05) is 37.1 Å². The molecule has 0 unspecified atom stereocenters. The van der Waals surface area contributed by atoms with Gasteiger partial charge in [-0.1, -0.05) is 25.5 Å². The van der Waals surface area contributed by atoms with Gasteiger partial charge in [-0.25, -0.2) is 0 Å². The summed E-state index contributed by atoms with van der Waals surface area (Å²) in [6, 6.07) is 18.9. The van der Waals surface area contributed by atoms with Crippen LogP contribution in [0.15, 0.2) is 61.1 Å². The Balaban J connectivity index is 1.42. The van der Waals surface area contributed by atoms with Crippen LogP contribution in [0, 0.1) is 17.2 Å². The maximum atomic E-state index is 9.10. The maximum absolute atomic E-state index is 9.10. The van der Waals surface area contributed by atoms with Crippen molar-refractivity contribution >= 4 is 5.69 Å². The number of rotatable bonds is 3. The Kier molecular flexibility index (Phi) is 4.36. The zero-order valence-electron chi connectivity index (χ0n) is 18.1. The average molecular weight is 421 g/mol. The second-order valence-corrected chi connectivity index (χ2v) is 8.78. The van der Waals surface area contributed by atoms with E-state index in [0.29, 0.717) is 5.56 Å². The van der Waals surface area contributed by atoms with Crippen molar-refractivity contribution in [3.8, 4) is 34.4 Å². The van der Waals surface area contributed by atoms with Crippen LogP contribution in [0.25, 0.3) is 28.3 Å². The first kappa shape index (κ1) is 18.9. The van der Waals surface area contributed by atoms with Gasteiger partial charge in [-0.05, 0) is 59.9 Å². The molecule has 2 aliphatic heterocycles. The number of nitriles is 1. The zero-order chi connectivity index (χ0) is 21.7. The summed E-state index contributed by atoms with van der Waals surface area (Å²) in [7, 11) is 0. The van der Waals surface area contributed by atoms with Crippen molar-refractivity contribution in [2.24, 2.45) is 5.92 Å². The molecule has 2 aliphatic rings. The summed E-state index contributed by atoms with van der Waals surface area (Å²) in [4.78, 5) is 2.52. The number of hydrogen-bond donors (Lipinski definition) is 0. The summed E-state index contributed by atoms with van der Waals surface area (Å²) in [5, 5.41) is 17.8. The molecule has 2 aromatic heterocycles. The number of anilines is 1. The van der Waals surface area contributed by atoms with Crippen LogP contribution in [0.3, 0.4) is 0 Å². The van der Waals surface area contributed by atoms with Crippen molar-refractivity contribution in [3.05, 3.63) is 72.2 Å². The minimum Gasteiger partial charge on any atom is -0.371 e. The lowest BCUT2D eigenvalue weighted by atomic mass is 10.1. The van der Waals surface area contributed by atoms with E-state index < -0.39 is 0 Å². The normalized spacial score (nSPS) is 16.8. The van der Waals surface area contributed by atoms with Crippen molar-refractivity contribution < 1.29 is 0 Å². The second kappa shape index (κ2) is 7.38. The molecule has 4 aromatic rings. The average Bonchev–Trinajstić information content (AvgIpc) is 3.57. The molecule has 2 aromatic carbocycles. The molecule has 1 fully saturated rings. The van der Waals surface area contributed by atoms with Gasteiger partial charge in [0.2, 0.25) is 0 Å². The second-order valence-electron chi connectivity index (χ2n) is 8.78. The molecular formula is C26H24N6. The van der Waals surface area contributed by atoms with Crippen LogP contribution in [0.5, 0.6) is 0 Å². The lowest BCUT2D eigenvalue weighted by molar-refractivity contribution is 0.569. The van der Waals surface area contributed by atoms with E-state index in [4.69, 9.17) is 5.26 Å². The predicted octanol–water partition coefficient (Wildman–Crippen LogP) is 4.87. The molecule has 6 heteroatoms. The third-order valence-corrected chi connectivity index (χ3v) is 6.91. The molecule has 0 radical (unpaired) electrons. The molecule has 0 N–H and O–H groups in total. The van der Waals surface area contributed by atoms with Gasteiger partial charge in [-0.2, -0.15) is 5.26 Å². The molecule has 158 valence electrons. The Morgan fingerprint density at radius 1 is 1.09 bits per heavy atom. The number of aromatic nitrogens is 4. The summed E-state index contributed by atoms with van der Waals surface area (Å²) in [6.07, 6.45) is 6.51. The van der Waals surface area contributed by atoms with Gasteiger partial charge in [0.15, 0.2) is 5.82 Å². The molecular weight excluding hydrogens is 396 g/mol. The van der Waals surface area contributed by atoms with Gasteiger partial charge in [-0.3, -0.25) is 4.57 Å². The standard InChI is InChI=1S/C26H24N6/c1-2-18-9-10-30(14-18)23-7-8-24-22(11-23)16-31-15-21(20-5-3-19(13-27)4-6-20)12-25(31)26-29-28-17-32(24)26/h3-8,11-12,15,17-18H,2,9-10,14,16H2,1H3/t18-/m0/s1. The Morgan fingerprint density at radius 2 is 1.97 bits per heavy atom. The molecule has 0 amide bonds. The first-order valence-corrected chi connectivity index (χ1v) is 11.2. The maximum Gasteiger partial charge on any atom is 0.185 e. The first-order valence-electron chi connectivity index (χ1n) is 11.2. The molecule has 1 saturated heterocycles. The molecule has 0 bridgehead atoms. The van der Waals surface area contributed by atoms with Crippen LogP contribution in [-0.4, -0.2) is 32.4 Å². The van der Waals surface area contributed by atoms with Crippen LogP contribution < -0.4 is 4.90 Å². The van der Waals surface area contributed by atoms with Crippen molar-refractivity contribution in [1.82, 2.24) is 19.3 Å². The van der Waals surface area contributed by atoms with Gasteiger partial charge in [-0.15, -0.1) is 10.2 Å². The van der Waals surface area contributed by atoms with E-state index in [-0.39, 0.29) is 0 Å². The van der Waals surface area contributed by atoms with E-state index in [1.165, 1.54) is 24.1 Å². The zero-order valence-corrected chi connectivity index (χ0v) is 18.1. The number of nitrogens with zero attached hydrogens (tertiary/aromatic N) is 6. The van der Waals surface area contributed by atoms with Crippen LogP contribution in [0.2, 0.25) is 0 Å². The van der Waals surface area contributed by atoms with E-state index in [1.54, 1.807) is 6.33 Å². The van der Waals surface area contributed by atoms with E-state index in [0.717, 1.165) is 53.9 Å². The number of fused-ring (bicyclic) bond motifs is 5. The van der Waals surface area contributed by atoms with E-state index in [1.807, 2.05) is 24.3 Å². The predicted molar refractivity (Wildman–Crippen MR) is 125 cm³/mol. The van der Waals surface area contributed by atoms with Crippen molar-refractivity contribution in [1.29, 1.82) is 5.26 Å². The van der Waals surface area contributed by atoms with Gasteiger partial charge < -0.3 is 9.47 Å². The van der Waals surface area contributed by atoms with E-state index in [2.05, 4.69) is 67.7 Å². The van der Waals surface area contributed by atoms with Crippen LogP contribution in [0.4, 0.5) is 5.69 Å². The Bertz CT molecular complexity index is 1340. The summed E-state index contributed by atoms with van der Waals surface area (Å²) >= 11 is 0. The summed E-state index contributed by atoms with van der Waals surface area (Å²) < 4.78 is 4.36. The summed E-state index contributed by atoms with van der Waals surface area (Å²) in [6.45, 7) is 5.35. The SMILES string of the molecule is CC[C@H]1CCN(c2ccc3c(c2)Cn2cc(-c4ccc(C#N)cc4)cc2-c2nncn2-3)C1. The van der Waals surface area contributed by atoms with Crippen LogP contribution in [0.1, 0.15) is 30.9 Å². The van der Waals surface area contributed by atoms with Gasteiger partial charge in [0.05, 0.1) is 23.0 Å². The highest BCUT2D eigenvalue weighted by Gasteiger charge is 2.25. The molecule has 1 atom stereocenters. The monoisotopic (exact) mass is 420 g/mol. The summed E-state index contributed by atoms with van der Waals surface area (Å²) in [5.41, 5.74) is 7.64. The molecule has 4 heterocycles. The molecule has 6 nitrogen and oxygen atoms in total. The largest absolute Gasteiger partial charge is 0.371 e. The van der Waals surface area contributed by atoms with Crippen molar-refractivity contribution in [2.45, 2.75) is 26.3 Å². The fourth-order valence-corrected chi connectivity index (χ4v) is 5.02. The van der Waals surface area contributed by atoms with Gasteiger partial charge in [0.25, 0.3) is 0 Å². The molecule has 6 rings (SSSR count). The van der Waals surface area contributed by atoms with E-state index in [9.17, 15) is 0 Å². The molecule has 0 aliphatic carbocycles. The smallest absolute Gasteiger partial charge is 0.185 e. The number of hydrogen-bond acceptors (Lipinski definition) is 4.